The molecule has 0 unspecified atom stereocenters. The normalized spacial score (nSPS) is 11.8. The molecule has 2 aromatic heterocycles. The summed E-state index contributed by atoms with van der Waals surface area (Å²) in [7, 11) is 0. The molecule has 0 spiro atoms. The van der Waals surface area contributed by atoms with Crippen LogP contribution in [0, 0.1) is 36.5 Å². The summed E-state index contributed by atoms with van der Waals surface area (Å²) in [6, 6.07) is 38.8. The van der Waals surface area contributed by atoms with E-state index in [1.165, 1.54) is 12.1 Å². The van der Waals surface area contributed by atoms with E-state index in [-0.39, 0.29) is 16.7 Å². The van der Waals surface area contributed by atoms with Crippen LogP contribution in [0.25, 0.3) is 66.1 Å². The van der Waals surface area contributed by atoms with Gasteiger partial charge in [0, 0.05) is 27.1 Å². The molecule has 0 aliphatic carbocycles. The van der Waals surface area contributed by atoms with Gasteiger partial charge in [-0.25, -0.2) is 0 Å². The second-order valence-corrected chi connectivity index (χ2v) is 12.1. The number of aromatic nitrogens is 2. The maximum Gasteiger partial charge on any atom is 0.417 e. The number of nitrogens with zero attached hydrogens (tertiary/aromatic N) is 4. The number of alkyl halides is 3. The van der Waals surface area contributed by atoms with E-state index in [9.17, 15) is 10.5 Å². The van der Waals surface area contributed by atoms with E-state index >= 15 is 13.2 Å². The van der Waals surface area contributed by atoms with Crippen molar-refractivity contribution in [2.45, 2.75) is 20.0 Å². The average Bonchev–Trinajstić information content (AvgIpc) is 3.59. The van der Waals surface area contributed by atoms with E-state index in [0.29, 0.717) is 16.9 Å². The van der Waals surface area contributed by atoms with Crippen molar-refractivity contribution < 1.29 is 13.2 Å². The lowest BCUT2D eigenvalue weighted by Crippen LogP contribution is -2.11. The maximum absolute atomic E-state index is 15.1. The summed E-state index contributed by atoms with van der Waals surface area (Å²) in [4.78, 5) is 0. The minimum atomic E-state index is -4.78. The zero-order valence-electron chi connectivity index (χ0n) is 25.9. The van der Waals surface area contributed by atoms with Gasteiger partial charge in [0.25, 0.3) is 0 Å². The third kappa shape index (κ3) is 4.36. The lowest BCUT2D eigenvalue weighted by atomic mass is 9.92. The predicted molar refractivity (Wildman–Crippen MR) is 184 cm³/mol. The first-order valence-electron chi connectivity index (χ1n) is 15.4. The fourth-order valence-electron chi connectivity index (χ4n) is 7.06. The zero-order valence-corrected chi connectivity index (χ0v) is 25.9. The molecule has 0 radical (unpaired) electrons. The summed E-state index contributed by atoms with van der Waals surface area (Å²) in [5.41, 5.74) is 5.58. The molecule has 8 aromatic rings. The van der Waals surface area contributed by atoms with Crippen molar-refractivity contribution in [2.24, 2.45) is 0 Å². The van der Waals surface area contributed by atoms with Crippen LogP contribution in [0.5, 0.6) is 0 Å². The summed E-state index contributed by atoms with van der Waals surface area (Å²) in [5, 5.41) is 23.8. The molecule has 0 aliphatic rings. The second kappa shape index (κ2) is 10.6. The zero-order chi connectivity index (χ0) is 33.3. The lowest BCUT2D eigenvalue weighted by molar-refractivity contribution is -0.137. The van der Waals surface area contributed by atoms with Crippen LogP contribution >= 0.6 is 0 Å². The first-order valence-corrected chi connectivity index (χ1v) is 15.4. The number of nitriles is 2. The number of fused-ring (bicyclic) bond motifs is 6. The van der Waals surface area contributed by atoms with Gasteiger partial charge in [0.2, 0.25) is 0 Å². The highest BCUT2D eigenvalue weighted by atomic mass is 19.4. The molecule has 8 rings (SSSR count). The van der Waals surface area contributed by atoms with Crippen LogP contribution in [0.1, 0.15) is 27.8 Å². The Morgan fingerprint density at radius 3 is 1.48 bits per heavy atom. The summed E-state index contributed by atoms with van der Waals surface area (Å²) >= 11 is 0. The smallest absolute Gasteiger partial charge is 0.308 e. The minimum absolute atomic E-state index is 0.0907. The standard InChI is InChI=1S/C41H25F3N4/c1-24-11-15-36-31(17-24)28-7-3-5-9-34(28)47(36)38-20-27(23-46)21-39(40(38)30-14-13-26(22-45)19-33(30)41(42,43)44)48-35-10-6-4-8-29(35)32-18-25(2)12-16-37(32)48/h3-21H,1-2H3. The number of rotatable bonds is 3. The fraction of sp³-hybridized carbons (Fsp3) is 0.0732. The Bertz CT molecular complexity index is 2570. The first kappa shape index (κ1) is 29.1. The highest BCUT2D eigenvalue weighted by Crippen LogP contribution is 2.46. The largest absolute Gasteiger partial charge is 0.417 e. The van der Waals surface area contributed by atoms with Crippen LogP contribution in [0.2, 0.25) is 0 Å². The minimum Gasteiger partial charge on any atom is -0.308 e. The van der Waals surface area contributed by atoms with E-state index in [4.69, 9.17) is 0 Å². The van der Waals surface area contributed by atoms with Gasteiger partial charge in [-0.3, -0.25) is 0 Å². The van der Waals surface area contributed by atoms with Gasteiger partial charge in [0.15, 0.2) is 0 Å². The van der Waals surface area contributed by atoms with Crippen molar-refractivity contribution in [1.82, 2.24) is 9.13 Å². The van der Waals surface area contributed by atoms with Crippen LogP contribution in [0.15, 0.2) is 115 Å². The Balaban J connectivity index is 1.64. The number of hydrogen-bond acceptors (Lipinski definition) is 2. The highest BCUT2D eigenvalue weighted by molar-refractivity contribution is 6.12. The number of benzene rings is 6. The monoisotopic (exact) mass is 630 g/mol. The van der Waals surface area contributed by atoms with Gasteiger partial charge in [-0.05, 0) is 80.1 Å². The molecule has 0 bridgehead atoms. The summed E-state index contributed by atoms with van der Waals surface area (Å²) in [6.07, 6.45) is -4.78. The Morgan fingerprint density at radius 1 is 0.521 bits per heavy atom. The molecule has 0 saturated carbocycles. The highest BCUT2D eigenvalue weighted by Gasteiger charge is 2.36. The van der Waals surface area contributed by atoms with Gasteiger partial charge >= 0.3 is 6.18 Å². The van der Waals surface area contributed by atoms with Gasteiger partial charge in [-0.1, -0.05) is 65.7 Å². The fourth-order valence-corrected chi connectivity index (χ4v) is 7.06. The lowest BCUT2D eigenvalue weighted by Gasteiger charge is -2.23. The first-order chi connectivity index (χ1) is 23.2. The van der Waals surface area contributed by atoms with Crippen LogP contribution in [0.3, 0.4) is 0 Å². The molecule has 0 amide bonds. The molecule has 0 atom stereocenters. The van der Waals surface area contributed by atoms with E-state index in [0.717, 1.165) is 60.8 Å². The van der Waals surface area contributed by atoms with Crippen molar-refractivity contribution in [3.05, 3.63) is 143 Å². The van der Waals surface area contributed by atoms with Crippen LogP contribution in [-0.4, -0.2) is 9.13 Å². The molecule has 7 heteroatoms. The van der Waals surface area contributed by atoms with Gasteiger partial charge in [-0.15, -0.1) is 0 Å². The molecule has 0 N–H and O–H groups in total. The molecule has 230 valence electrons. The second-order valence-electron chi connectivity index (χ2n) is 12.1. The average molecular weight is 631 g/mol. The topological polar surface area (TPSA) is 57.4 Å². The van der Waals surface area contributed by atoms with Crippen molar-refractivity contribution >= 4 is 43.6 Å². The van der Waals surface area contributed by atoms with Gasteiger partial charge in [-0.2, -0.15) is 23.7 Å². The van der Waals surface area contributed by atoms with Crippen molar-refractivity contribution in [2.75, 3.05) is 0 Å². The number of para-hydroxylation sites is 2. The van der Waals surface area contributed by atoms with Crippen molar-refractivity contribution in [1.29, 1.82) is 10.5 Å². The molecule has 6 aromatic carbocycles. The van der Waals surface area contributed by atoms with E-state index < -0.39 is 11.7 Å². The van der Waals surface area contributed by atoms with Gasteiger partial charge < -0.3 is 9.13 Å². The third-order valence-electron chi connectivity index (χ3n) is 9.09. The molecule has 4 nitrogen and oxygen atoms in total. The molecular weight excluding hydrogens is 605 g/mol. The quantitative estimate of drug-likeness (QED) is 0.195. The number of aryl methyl sites for hydroxylation is 2. The Kier molecular flexibility index (Phi) is 6.44. The van der Waals surface area contributed by atoms with Crippen LogP contribution < -0.4 is 0 Å². The van der Waals surface area contributed by atoms with Crippen LogP contribution in [-0.2, 0) is 6.18 Å². The molecule has 48 heavy (non-hydrogen) atoms. The predicted octanol–water partition coefficient (Wildman–Crippen LogP) is 10.9. The SMILES string of the molecule is Cc1ccc2c(c1)c1ccccc1n2-c1cc(C#N)cc(-n2c3ccccc3c3cc(C)ccc32)c1-c1ccc(C#N)cc1C(F)(F)F. The van der Waals surface area contributed by atoms with E-state index in [2.05, 4.69) is 18.2 Å². The molecule has 0 fully saturated rings. The Labute approximate surface area is 273 Å². The Morgan fingerprint density at radius 2 is 1.00 bits per heavy atom. The van der Waals surface area contributed by atoms with Crippen LogP contribution in [0.4, 0.5) is 13.2 Å². The van der Waals surface area contributed by atoms with Gasteiger partial charge in [0.05, 0.1) is 62.3 Å². The Hall–Kier alpha value is -6.31. The van der Waals surface area contributed by atoms with Crippen molar-refractivity contribution in [3.63, 3.8) is 0 Å². The molecule has 0 aliphatic heterocycles. The summed E-state index contributed by atoms with van der Waals surface area (Å²) in [5.74, 6) is 0. The van der Waals surface area contributed by atoms with E-state index in [1.807, 2.05) is 102 Å². The van der Waals surface area contributed by atoms with E-state index in [1.54, 1.807) is 12.1 Å². The number of halogens is 3. The number of hydrogen-bond donors (Lipinski definition) is 0. The van der Waals surface area contributed by atoms with Gasteiger partial charge in [0.1, 0.15) is 0 Å². The molecular formula is C41H25F3N4. The summed E-state index contributed by atoms with van der Waals surface area (Å²) in [6.45, 7) is 4.00. The maximum atomic E-state index is 15.1. The molecule has 2 heterocycles. The molecule has 0 saturated heterocycles. The van der Waals surface area contributed by atoms with Crippen molar-refractivity contribution in [3.8, 4) is 34.6 Å². The summed E-state index contributed by atoms with van der Waals surface area (Å²) < 4.78 is 49.1. The third-order valence-corrected chi connectivity index (χ3v) is 9.09.